The lowest BCUT2D eigenvalue weighted by atomic mass is 10.1. The standard InChI is InChI=1S/C19H21BrO3Si/c1-19(2,3)24(4,5)23-13-7-9-15-14-8-6-12(20)10-16(14)18(21)22-17(15)11-13/h6-11H,1-5H3. The van der Waals surface area contributed by atoms with E-state index >= 15 is 0 Å². The van der Waals surface area contributed by atoms with Gasteiger partial charge in [0.1, 0.15) is 11.3 Å². The van der Waals surface area contributed by atoms with Gasteiger partial charge in [0.05, 0.1) is 5.39 Å². The van der Waals surface area contributed by atoms with Gasteiger partial charge in [-0.3, -0.25) is 0 Å². The molecule has 5 heteroatoms. The van der Waals surface area contributed by atoms with E-state index in [-0.39, 0.29) is 10.7 Å². The lowest BCUT2D eigenvalue weighted by Gasteiger charge is -2.36. The van der Waals surface area contributed by atoms with Gasteiger partial charge in [-0.2, -0.15) is 0 Å². The molecular weight excluding hydrogens is 384 g/mol. The number of fused-ring (bicyclic) bond motifs is 3. The largest absolute Gasteiger partial charge is 0.543 e. The minimum absolute atomic E-state index is 0.110. The van der Waals surface area contributed by atoms with Crippen molar-refractivity contribution in [3.8, 4) is 5.75 Å². The van der Waals surface area contributed by atoms with Gasteiger partial charge in [-0.1, -0.05) is 42.8 Å². The van der Waals surface area contributed by atoms with Gasteiger partial charge in [-0.05, 0) is 47.8 Å². The Kier molecular flexibility index (Phi) is 4.12. The smallest absolute Gasteiger partial charge is 0.344 e. The summed E-state index contributed by atoms with van der Waals surface area (Å²) in [6, 6.07) is 11.4. The predicted octanol–water partition coefficient (Wildman–Crippen LogP) is 6.09. The highest BCUT2D eigenvalue weighted by Crippen LogP contribution is 2.38. The molecule has 2 aromatic carbocycles. The van der Waals surface area contributed by atoms with Crippen molar-refractivity contribution in [2.45, 2.75) is 38.9 Å². The molecule has 0 aliphatic heterocycles. The van der Waals surface area contributed by atoms with E-state index < -0.39 is 8.32 Å². The molecule has 0 aliphatic rings. The Hall–Kier alpha value is -1.59. The molecule has 0 spiro atoms. The fourth-order valence-corrected chi connectivity index (χ4v) is 3.78. The lowest BCUT2D eigenvalue weighted by Crippen LogP contribution is -2.43. The summed E-state index contributed by atoms with van der Waals surface area (Å²) >= 11 is 3.40. The van der Waals surface area contributed by atoms with Gasteiger partial charge in [-0.25, -0.2) is 4.79 Å². The van der Waals surface area contributed by atoms with Crippen molar-refractivity contribution in [3.63, 3.8) is 0 Å². The van der Waals surface area contributed by atoms with Crippen molar-refractivity contribution < 1.29 is 8.84 Å². The zero-order valence-electron chi connectivity index (χ0n) is 14.6. The van der Waals surface area contributed by atoms with E-state index in [0.29, 0.717) is 11.0 Å². The van der Waals surface area contributed by atoms with Gasteiger partial charge >= 0.3 is 5.63 Å². The lowest BCUT2D eigenvalue weighted by molar-refractivity contribution is 0.490. The molecule has 0 fully saturated rings. The van der Waals surface area contributed by atoms with Crippen molar-refractivity contribution in [1.82, 2.24) is 0 Å². The Morgan fingerprint density at radius 3 is 2.33 bits per heavy atom. The Morgan fingerprint density at radius 1 is 1.00 bits per heavy atom. The minimum Gasteiger partial charge on any atom is -0.543 e. The SMILES string of the molecule is CC(C)(C)[Si](C)(C)Oc1ccc2c(c1)oc(=O)c1cc(Br)ccc12. The molecule has 3 nitrogen and oxygen atoms in total. The van der Waals surface area contributed by atoms with Gasteiger partial charge in [0.2, 0.25) is 8.32 Å². The zero-order chi connectivity index (χ0) is 17.7. The van der Waals surface area contributed by atoms with Crippen LogP contribution in [0.1, 0.15) is 20.8 Å². The van der Waals surface area contributed by atoms with Crippen LogP contribution < -0.4 is 10.1 Å². The van der Waals surface area contributed by atoms with E-state index in [4.69, 9.17) is 8.84 Å². The Balaban J connectivity index is 2.15. The molecule has 0 atom stereocenters. The Labute approximate surface area is 150 Å². The maximum Gasteiger partial charge on any atom is 0.344 e. The Morgan fingerprint density at radius 2 is 1.67 bits per heavy atom. The molecule has 1 aromatic heterocycles. The monoisotopic (exact) mass is 404 g/mol. The van der Waals surface area contributed by atoms with E-state index in [9.17, 15) is 4.79 Å². The summed E-state index contributed by atoms with van der Waals surface area (Å²) in [4.78, 5) is 12.3. The van der Waals surface area contributed by atoms with Crippen LogP contribution >= 0.6 is 15.9 Å². The van der Waals surface area contributed by atoms with Crippen molar-refractivity contribution in [2.24, 2.45) is 0 Å². The minimum atomic E-state index is -1.93. The molecule has 3 rings (SSSR count). The summed E-state index contributed by atoms with van der Waals surface area (Å²) in [5.41, 5.74) is 0.231. The van der Waals surface area contributed by atoms with Gasteiger partial charge in [0.15, 0.2) is 0 Å². The third-order valence-electron chi connectivity index (χ3n) is 4.83. The summed E-state index contributed by atoms with van der Waals surface area (Å²) in [6.45, 7) is 11.0. The van der Waals surface area contributed by atoms with Crippen LogP contribution in [0.2, 0.25) is 18.1 Å². The van der Waals surface area contributed by atoms with Crippen molar-refractivity contribution in [3.05, 3.63) is 51.3 Å². The van der Waals surface area contributed by atoms with Crippen LogP contribution in [0.5, 0.6) is 5.75 Å². The first-order valence-electron chi connectivity index (χ1n) is 7.94. The highest BCUT2D eigenvalue weighted by Gasteiger charge is 2.39. The summed E-state index contributed by atoms with van der Waals surface area (Å²) in [5.74, 6) is 0.758. The first kappa shape index (κ1) is 17.2. The summed E-state index contributed by atoms with van der Waals surface area (Å²) in [5, 5.41) is 2.50. The molecule has 0 N–H and O–H groups in total. The van der Waals surface area contributed by atoms with E-state index in [1.807, 2.05) is 30.3 Å². The van der Waals surface area contributed by atoms with Crippen LogP contribution in [-0.2, 0) is 0 Å². The molecule has 1 heterocycles. The summed E-state index contributed by atoms with van der Waals surface area (Å²) in [6.07, 6.45) is 0. The predicted molar refractivity (Wildman–Crippen MR) is 106 cm³/mol. The van der Waals surface area contributed by atoms with Crippen LogP contribution in [0.15, 0.2) is 50.1 Å². The molecule has 0 saturated carbocycles. The van der Waals surface area contributed by atoms with Crippen LogP contribution in [0.3, 0.4) is 0 Å². The fourth-order valence-electron chi connectivity index (χ4n) is 2.40. The maximum absolute atomic E-state index is 12.3. The van der Waals surface area contributed by atoms with E-state index in [1.54, 1.807) is 6.07 Å². The molecule has 0 radical (unpaired) electrons. The topological polar surface area (TPSA) is 39.4 Å². The molecule has 0 amide bonds. The molecular formula is C19H21BrO3Si. The average Bonchev–Trinajstić information content (AvgIpc) is 2.46. The first-order chi connectivity index (χ1) is 11.1. The number of halogens is 1. The van der Waals surface area contributed by atoms with Gasteiger partial charge in [-0.15, -0.1) is 0 Å². The normalized spacial score (nSPS) is 12.8. The van der Waals surface area contributed by atoms with Crippen LogP contribution in [-0.4, -0.2) is 8.32 Å². The van der Waals surface area contributed by atoms with E-state index in [2.05, 4.69) is 49.8 Å². The third kappa shape index (κ3) is 3.02. The van der Waals surface area contributed by atoms with Crippen LogP contribution in [0, 0.1) is 0 Å². The summed E-state index contributed by atoms with van der Waals surface area (Å²) < 4.78 is 12.7. The van der Waals surface area contributed by atoms with Crippen molar-refractivity contribution >= 4 is 46.0 Å². The van der Waals surface area contributed by atoms with Crippen LogP contribution in [0.4, 0.5) is 0 Å². The second kappa shape index (κ2) is 5.74. The van der Waals surface area contributed by atoms with Crippen LogP contribution in [0.25, 0.3) is 21.7 Å². The number of hydrogen-bond acceptors (Lipinski definition) is 3. The maximum atomic E-state index is 12.3. The molecule has 0 aliphatic carbocycles. The molecule has 0 bridgehead atoms. The molecule has 3 aromatic rings. The second-order valence-corrected chi connectivity index (χ2v) is 13.2. The molecule has 126 valence electrons. The van der Waals surface area contributed by atoms with Gasteiger partial charge in [0.25, 0.3) is 0 Å². The highest BCUT2D eigenvalue weighted by atomic mass is 79.9. The van der Waals surface area contributed by atoms with E-state index in [1.165, 1.54) is 0 Å². The van der Waals surface area contributed by atoms with Gasteiger partial charge in [0, 0.05) is 15.9 Å². The molecule has 0 saturated heterocycles. The van der Waals surface area contributed by atoms with E-state index in [0.717, 1.165) is 21.0 Å². The van der Waals surface area contributed by atoms with Gasteiger partial charge < -0.3 is 8.84 Å². The quantitative estimate of drug-likeness (QED) is 0.294. The van der Waals surface area contributed by atoms with Crippen molar-refractivity contribution in [2.75, 3.05) is 0 Å². The molecule has 24 heavy (non-hydrogen) atoms. The Bertz CT molecular complexity index is 983. The third-order valence-corrected chi connectivity index (χ3v) is 9.68. The number of rotatable bonds is 2. The number of benzene rings is 2. The number of hydrogen-bond donors (Lipinski definition) is 0. The fraction of sp³-hybridized carbons (Fsp3) is 0.316. The molecule has 0 unspecified atom stereocenters. The zero-order valence-corrected chi connectivity index (χ0v) is 17.2. The van der Waals surface area contributed by atoms with Crippen molar-refractivity contribution in [1.29, 1.82) is 0 Å². The first-order valence-corrected chi connectivity index (χ1v) is 11.6. The average molecular weight is 405 g/mol. The highest BCUT2D eigenvalue weighted by molar-refractivity contribution is 9.10. The second-order valence-electron chi connectivity index (χ2n) is 7.60. The summed E-state index contributed by atoms with van der Waals surface area (Å²) in [7, 11) is -1.93.